The Morgan fingerprint density at radius 2 is 0.527 bits per heavy atom. The molecule has 0 amide bonds. The Bertz CT molecular complexity index is 1330. The first kappa shape index (κ1) is 71.1. The van der Waals surface area contributed by atoms with E-state index in [-0.39, 0.29) is 31.1 Å². The van der Waals surface area contributed by atoms with E-state index in [2.05, 4.69) is 81.5 Å². The van der Waals surface area contributed by atoms with Crippen LogP contribution in [0.15, 0.2) is 60.8 Å². The van der Waals surface area contributed by atoms with Gasteiger partial charge >= 0.3 is 17.9 Å². The molecular weight excluding hydrogens is 913 g/mol. The molecule has 6 heteroatoms. The molecule has 0 aromatic rings. The van der Waals surface area contributed by atoms with Gasteiger partial charge < -0.3 is 14.2 Å². The van der Waals surface area contributed by atoms with Gasteiger partial charge in [-0.25, -0.2) is 0 Å². The fourth-order valence-electron chi connectivity index (χ4n) is 9.39. The van der Waals surface area contributed by atoms with Crippen molar-refractivity contribution in [3.63, 3.8) is 0 Å². The summed E-state index contributed by atoms with van der Waals surface area (Å²) < 4.78 is 16.9. The van der Waals surface area contributed by atoms with Gasteiger partial charge in [0.05, 0.1) is 0 Å². The van der Waals surface area contributed by atoms with Crippen molar-refractivity contribution in [3.05, 3.63) is 60.8 Å². The van der Waals surface area contributed by atoms with E-state index in [0.717, 1.165) is 89.9 Å². The zero-order valence-corrected chi connectivity index (χ0v) is 49.4. The van der Waals surface area contributed by atoms with Crippen molar-refractivity contribution in [2.45, 2.75) is 341 Å². The maximum absolute atomic E-state index is 12.9. The molecule has 0 radical (unpaired) electrons. The topological polar surface area (TPSA) is 78.9 Å². The van der Waals surface area contributed by atoms with Crippen LogP contribution >= 0.6 is 0 Å². The molecule has 0 aromatic carbocycles. The molecule has 0 aliphatic heterocycles. The van der Waals surface area contributed by atoms with Crippen molar-refractivity contribution < 1.29 is 28.6 Å². The van der Waals surface area contributed by atoms with Gasteiger partial charge in [-0.15, -0.1) is 0 Å². The van der Waals surface area contributed by atoms with Crippen LogP contribution in [0.5, 0.6) is 0 Å². The predicted molar refractivity (Wildman–Crippen MR) is 321 cm³/mol. The predicted octanol–water partition coefficient (Wildman–Crippen LogP) is 21.9. The summed E-state index contributed by atoms with van der Waals surface area (Å²) in [5, 5.41) is 0. The van der Waals surface area contributed by atoms with E-state index >= 15 is 0 Å². The van der Waals surface area contributed by atoms with Crippen LogP contribution in [0.25, 0.3) is 0 Å². The van der Waals surface area contributed by atoms with E-state index in [1.54, 1.807) is 0 Å². The maximum atomic E-state index is 12.9. The van der Waals surface area contributed by atoms with Crippen LogP contribution < -0.4 is 0 Å². The van der Waals surface area contributed by atoms with E-state index in [1.165, 1.54) is 205 Å². The van der Waals surface area contributed by atoms with Crippen LogP contribution in [-0.2, 0) is 28.6 Å². The van der Waals surface area contributed by atoms with Crippen LogP contribution in [-0.4, -0.2) is 37.2 Å². The molecule has 0 saturated carbocycles. The first-order chi connectivity index (χ1) is 36.5. The number of hydrogen-bond donors (Lipinski definition) is 0. The van der Waals surface area contributed by atoms with Crippen molar-refractivity contribution in [3.8, 4) is 0 Å². The summed E-state index contributed by atoms with van der Waals surface area (Å²) in [5.74, 6) is -0.881. The maximum Gasteiger partial charge on any atom is 0.306 e. The molecule has 1 atom stereocenters. The Labute approximate surface area is 460 Å². The van der Waals surface area contributed by atoms with Crippen LogP contribution in [0.4, 0.5) is 0 Å². The quantitative estimate of drug-likeness (QED) is 0.0261. The third-order valence-electron chi connectivity index (χ3n) is 14.2. The Morgan fingerprint density at radius 3 is 0.838 bits per heavy atom. The van der Waals surface area contributed by atoms with E-state index < -0.39 is 6.10 Å². The number of carbonyl (C=O) groups is 3. The molecule has 0 bridgehead atoms. The number of unbranched alkanes of at least 4 members (excludes halogenated alkanes) is 38. The summed E-state index contributed by atoms with van der Waals surface area (Å²) in [5.41, 5.74) is 0. The summed E-state index contributed by atoms with van der Waals surface area (Å²) >= 11 is 0. The summed E-state index contributed by atoms with van der Waals surface area (Å²) in [6, 6.07) is 0. The number of hydrogen-bond acceptors (Lipinski definition) is 6. The molecule has 0 saturated heterocycles. The molecule has 0 aliphatic carbocycles. The smallest absolute Gasteiger partial charge is 0.306 e. The Kier molecular flexibility index (Phi) is 60.2. The van der Waals surface area contributed by atoms with E-state index in [4.69, 9.17) is 14.2 Å². The molecule has 0 aromatic heterocycles. The number of ether oxygens (including phenoxy) is 3. The van der Waals surface area contributed by atoms with Crippen molar-refractivity contribution >= 4 is 17.9 Å². The molecule has 0 fully saturated rings. The molecule has 0 rings (SSSR count). The second-order valence-electron chi connectivity index (χ2n) is 21.6. The fraction of sp³-hybridized carbons (Fsp3) is 0.809. The minimum Gasteiger partial charge on any atom is -0.462 e. The second-order valence-corrected chi connectivity index (χ2v) is 21.6. The minimum atomic E-state index is -0.783. The number of esters is 3. The van der Waals surface area contributed by atoms with Gasteiger partial charge in [0.2, 0.25) is 0 Å². The van der Waals surface area contributed by atoms with Crippen LogP contribution in [0, 0.1) is 0 Å². The molecule has 74 heavy (non-hydrogen) atoms. The lowest BCUT2D eigenvalue weighted by molar-refractivity contribution is -0.167. The molecule has 0 heterocycles. The molecule has 0 spiro atoms. The lowest BCUT2D eigenvalue weighted by atomic mass is 10.0. The summed E-state index contributed by atoms with van der Waals surface area (Å²) in [6.45, 7) is 6.55. The first-order valence-electron chi connectivity index (χ1n) is 32.3. The molecular formula is C68H122O6. The van der Waals surface area contributed by atoms with Crippen molar-refractivity contribution in [1.82, 2.24) is 0 Å². The highest BCUT2D eigenvalue weighted by atomic mass is 16.6. The van der Waals surface area contributed by atoms with Crippen LogP contribution in [0.3, 0.4) is 0 Å². The number of allylic oxidation sites excluding steroid dienone is 10. The molecule has 6 nitrogen and oxygen atoms in total. The first-order valence-corrected chi connectivity index (χ1v) is 32.3. The van der Waals surface area contributed by atoms with Gasteiger partial charge in [-0.2, -0.15) is 0 Å². The molecule has 1 unspecified atom stereocenters. The van der Waals surface area contributed by atoms with Gasteiger partial charge in [-0.1, -0.05) is 274 Å². The monoisotopic (exact) mass is 1030 g/mol. The molecule has 430 valence electrons. The zero-order chi connectivity index (χ0) is 53.6. The minimum absolute atomic E-state index is 0.0789. The Morgan fingerprint density at radius 1 is 0.284 bits per heavy atom. The van der Waals surface area contributed by atoms with E-state index in [1.807, 2.05) is 0 Å². The Balaban J connectivity index is 4.28. The van der Waals surface area contributed by atoms with Crippen LogP contribution in [0.1, 0.15) is 335 Å². The largest absolute Gasteiger partial charge is 0.462 e. The highest BCUT2D eigenvalue weighted by Crippen LogP contribution is 2.17. The Hall–Kier alpha value is -2.89. The average molecular weight is 1040 g/mol. The number of carbonyl (C=O) groups excluding carboxylic acids is 3. The van der Waals surface area contributed by atoms with E-state index in [9.17, 15) is 14.4 Å². The number of rotatable bonds is 59. The van der Waals surface area contributed by atoms with Gasteiger partial charge in [0.15, 0.2) is 6.10 Å². The average Bonchev–Trinajstić information content (AvgIpc) is 3.40. The lowest BCUT2D eigenvalue weighted by Crippen LogP contribution is -2.30. The normalized spacial score (nSPS) is 12.4. The van der Waals surface area contributed by atoms with Crippen molar-refractivity contribution in [1.29, 1.82) is 0 Å². The summed E-state index contributed by atoms with van der Waals surface area (Å²) in [4.78, 5) is 38.3. The molecule has 0 aliphatic rings. The van der Waals surface area contributed by atoms with Crippen LogP contribution in [0.2, 0.25) is 0 Å². The standard InChI is InChI=1S/C68H122O6/c1-4-7-10-13-16-19-22-25-28-30-31-32-33-34-35-36-37-39-40-43-46-49-52-55-58-61-67(70)73-64-65(63-72-66(69)60-57-54-51-48-45-42-27-24-21-18-15-12-9-6-3)74-68(71)62-59-56-53-50-47-44-41-38-29-26-23-20-17-14-11-8-5-2/h8,11,17,20,24,26-27,29-31,65H,4-7,9-10,12-16,18-19,21-23,25,28,32-64H2,1-3H3/b11-8-,20-17-,27-24-,29-26-,31-30-. The third kappa shape index (κ3) is 60.0. The zero-order valence-electron chi connectivity index (χ0n) is 49.4. The fourth-order valence-corrected chi connectivity index (χ4v) is 9.39. The lowest BCUT2D eigenvalue weighted by Gasteiger charge is -2.18. The van der Waals surface area contributed by atoms with Crippen molar-refractivity contribution in [2.24, 2.45) is 0 Å². The summed E-state index contributed by atoms with van der Waals surface area (Å²) in [7, 11) is 0. The highest BCUT2D eigenvalue weighted by Gasteiger charge is 2.19. The van der Waals surface area contributed by atoms with Gasteiger partial charge in [0.25, 0.3) is 0 Å². The van der Waals surface area contributed by atoms with Gasteiger partial charge in [-0.05, 0) is 103 Å². The van der Waals surface area contributed by atoms with Gasteiger partial charge in [0, 0.05) is 19.3 Å². The second kappa shape index (κ2) is 62.6. The summed E-state index contributed by atoms with van der Waals surface area (Å²) in [6.07, 6.45) is 79.5. The van der Waals surface area contributed by atoms with Gasteiger partial charge in [0.1, 0.15) is 13.2 Å². The third-order valence-corrected chi connectivity index (χ3v) is 14.2. The van der Waals surface area contributed by atoms with Gasteiger partial charge in [-0.3, -0.25) is 14.4 Å². The SMILES string of the molecule is CC/C=C\C/C=C\C/C=C\CCCCCCCCCC(=O)OC(COC(=O)CCCCCCC/C=C\CCCCCCC)COC(=O)CCCCCCCCCCCCCCC/C=C\CCCCCCCCCC. The van der Waals surface area contributed by atoms with Crippen molar-refractivity contribution in [2.75, 3.05) is 13.2 Å². The highest BCUT2D eigenvalue weighted by molar-refractivity contribution is 5.71. The van der Waals surface area contributed by atoms with E-state index in [0.29, 0.717) is 19.3 Å². The molecule has 0 N–H and O–H groups in total.